The van der Waals surface area contributed by atoms with Crippen LogP contribution in [0, 0.1) is 11.3 Å². The molecule has 0 heterocycles. The number of carbonyl (C=O) groups excluding carboxylic acids is 2. The SMILES string of the molecule is C[C@@H](OC(=O)/C=C/c1ccc(C(F)(F)F)cc1)C(=O)N(C)C1(C#N)CCCCC1. The fourth-order valence-electron chi connectivity index (χ4n) is 3.35. The Hall–Kier alpha value is -2.82. The Morgan fingerprint density at radius 3 is 2.31 bits per heavy atom. The smallest absolute Gasteiger partial charge is 0.416 e. The molecule has 1 amide bonds. The molecule has 2 rings (SSSR count). The fraction of sp³-hybridized carbons (Fsp3) is 0.476. The van der Waals surface area contributed by atoms with E-state index in [2.05, 4.69) is 6.07 Å². The van der Waals surface area contributed by atoms with Gasteiger partial charge in [-0.2, -0.15) is 18.4 Å². The van der Waals surface area contributed by atoms with Crippen LogP contribution >= 0.6 is 0 Å². The summed E-state index contributed by atoms with van der Waals surface area (Å²) >= 11 is 0. The van der Waals surface area contributed by atoms with Crippen LogP contribution in [0.5, 0.6) is 0 Å². The van der Waals surface area contributed by atoms with Crippen LogP contribution in [0.2, 0.25) is 0 Å². The van der Waals surface area contributed by atoms with Crippen molar-refractivity contribution < 1.29 is 27.5 Å². The second-order valence-corrected chi connectivity index (χ2v) is 7.13. The Morgan fingerprint density at radius 2 is 1.79 bits per heavy atom. The molecule has 0 bridgehead atoms. The minimum atomic E-state index is -4.43. The van der Waals surface area contributed by atoms with Crippen molar-refractivity contribution in [2.45, 2.75) is 56.8 Å². The second-order valence-electron chi connectivity index (χ2n) is 7.13. The van der Waals surface area contributed by atoms with Gasteiger partial charge in [0.1, 0.15) is 5.54 Å². The standard InChI is InChI=1S/C21H23F3N2O3/c1-15(19(28)26(2)20(14-25)12-4-3-5-13-20)29-18(27)11-8-16-6-9-17(10-7-16)21(22,23)24/h6-11,15H,3-5,12-13H2,1-2H3/b11-8+/t15-/m1/s1. The van der Waals surface area contributed by atoms with Crippen molar-refractivity contribution >= 4 is 18.0 Å². The minimum absolute atomic E-state index is 0.386. The highest BCUT2D eigenvalue weighted by molar-refractivity contribution is 5.90. The van der Waals surface area contributed by atoms with Crippen LogP contribution in [0.4, 0.5) is 13.2 Å². The highest BCUT2D eigenvalue weighted by Crippen LogP contribution is 2.33. The molecule has 156 valence electrons. The molecule has 1 fully saturated rings. The summed E-state index contributed by atoms with van der Waals surface area (Å²) < 4.78 is 42.8. The van der Waals surface area contributed by atoms with Gasteiger partial charge < -0.3 is 9.64 Å². The molecule has 0 unspecified atom stereocenters. The summed E-state index contributed by atoms with van der Waals surface area (Å²) in [5.74, 6) is -1.27. The van der Waals surface area contributed by atoms with Gasteiger partial charge in [0, 0.05) is 13.1 Å². The van der Waals surface area contributed by atoms with E-state index in [0.717, 1.165) is 37.5 Å². The summed E-state index contributed by atoms with van der Waals surface area (Å²) in [6, 6.07) is 6.53. The molecule has 0 aromatic heterocycles. The Labute approximate surface area is 167 Å². The molecule has 0 N–H and O–H groups in total. The lowest BCUT2D eigenvalue weighted by Crippen LogP contribution is -2.53. The maximum atomic E-state index is 12.6. The summed E-state index contributed by atoms with van der Waals surface area (Å²) in [6.07, 6.45) is 0.739. The molecule has 1 aliphatic rings. The van der Waals surface area contributed by atoms with Crippen molar-refractivity contribution in [2.75, 3.05) is 7.05 Å². The van der Waals surface area contributed by atoms with E-state index in [9.17, 15) is 28.0 Å². The van der Waals surface area contributed by atoms with E-state index in [-0.39, 0.29) is 0 Å². The second kappa shape index (κ2) is 9.12. The number of amides is 1. The number of nitriles is 1. The number of nitrogens with zero attached hydrogens (tertiary/aromatic N) is 2. The Morgan fingerprint density at radius 1 is 1.21 bits per heavy atom. The maximum absolute atomic E-state index is 12.6. The van der Waals surface area contributed by atoms with E-state index in [0.29, 0.717) is 18.4 Å². The van der Waals surface area contributed by atoms with Crippen LogP contribution in [0.25, 0.3) is 6.08 Å². The van der Waals surface area contributed by atoms with Crippen molar-refractivity contribution in [3.8, 4) is 6.07 Å². The van der Waals surface area contributed by atoms with Gasteiger partial charge in [0.05, 0.1) is 11.6 Å². The zero-order valence-corrected chi connectivity index (χ0v) is 16.3. The van der Waals surface area contributed by atoms with E-state index in [4.69, 9.17) is 4.74 Å². The van der Waals surface area contributed by atoms with Gasteiger partial charge in [-0.05, 0) is 43.5 Å². The van der Waals surface area contributed by atoms with E-state index >= 15 is 0 Å². The molecule has 29 heavy (non-hydrogen) atoms. The average Bonchev–Trinajstić information content (AvgIpc) is 2.71. The average molecular weight is 408 g/mol. The first-order chi connectivity index (χ1) is 13.6. The normalized spacial score (nSPS) is 17.4. The van der Waals surface area contributed by atoms with Gasteiger partial charge >= 0.3 is 12.1 Å². The molecule has 1 saturated carbocycles. The lowest BCUT2D eigenvalue weighted by molar-refractivity contribution is -0.157. The van der Waals surface area contributed by atoms with Crippen LogP contribution in [0.15, 0.2) is 30.3 Å². The molecule has 8 heteroatoms. The van der Waals surface area contributed by atoms with Gasteiger partial charge in [0.25, 0.3) is 5.91 Å². The number of rotatable bonds is 5. The Kier molecular flexibility index (Phi) is 7.07. The van der Waals surface area contributed by atoms with Gasteiger partial charge in [0.15, 0.2) is 6.10 Å². The van der Waals surface area contributed by atoms with E-state index < -0.39 is 35.3 Å². The first-order valence-electron chi connectivity index (χ1n) is 9.34. The summed E-state index contributed by atoms with van der Waals surface area (Å²) in [5, 5.41) is 9.57. The number of ether oxygens (including phenoxy) is 1. The number of carbonyl (C=O) groups is 2. The molecule has 0 saturated heterocycles. The Balaban J connectivity index is 1.96. The Bertz CT molecular complexity index is 804. The first kappa shape index (κ1) is 22.5. The van der Waals surface area contributed by atoms with Crippen LogP contribution in [0.3, 0.4) is 0 Å². The molecule has 1 aromatic rings. The predicted octanol–water partition coefficient (Wildman–Crippen LogP) is 4.34. The highest BCUT2D eigenvalue weighted by Gasteiger charge is 2.40. The maximum Gasteiger partial charge on any atom is 0.416 e. The topological polar surface area (TPSA) is 70.4 Å². The monoisotopic (exact) mass is 408 g/mol. The van der Waals surface area contributed by atoms with Gasteiger partial charge in [-0.25, -0.2) is 4.79 Å². The molecule has 1 aliphatic carbocycles. The summed E-state index contributed by atoms with van der Waals surface area (Å²) in [4.78, 5) is 26.0. The summed E-state index contributed by atoms with van der Waals surface area (Å²) in [6.45, 7) is 1.43. The minimum Gasteiger partial charge on any atom is -0.449 e. The molecule has 0 spiro atoms. The molecule has 1 aromatic carbocycles. The number of likely N-dealkylation sites (N-methyl/N-ethyl adjacent to an activating group) is 1. The van der Waals surface area contributed by atoms with Gasteiger partial charge in [-0.3, -0.25) is 4.79 Å². The van der Waals surface area contributed by atoms with Crippen LogP contribution in [-0.2, 0) is 20.5 Å². The van der Waals surface area contributed by atoms with Crippen molar-refractivity contribution in [1.29, 1.82) is 5.26 Å². The van der Waals surface area contributed by atoms with Crippen molar-refractivity contribution in [1.82, 2.24) is 4.90 Å². The van der Waals surface area contributed by atoms with Gasteiger partial charge in [0.2, 0.25) is 0 Å². The number of benzene rings is 1. The summed E-state index contributed by atoms with van der Waals surface area (Å²) in [7, 11) is 1.54. The molecule has 0 aliphatic heterocycles. The van der Waals surface area contributed by atoms with Crippen molar-refractivity contribution in [3.05, 3.63) is 41.5 Å². The summed E-state index contributed by atoms with van der Waals surface area (Å²) in [5.41, 5.74) is -1.28. The van der Waals surface area contributed by atoms with Crippen LogP contribution in [0.1, 0.15) is 50.2 Å². The first-order valence-corrected chi connectivity index (χ1v) is 9.34. The lowest BCUT2D eigenvalue weighted by Gasteiger charge is -2.39. The third kappa shape index (κ3) is 5.59. The van der Waals surface area contributed by atoms with Crippen molar-refractivity contribution in [2.24, 2.45) is 0 Å². The van der Waals surface area contributed by atoms with Gasteiger partial charge in [-0.15, -0.1) is 0 Å². The number of hydrogen-bond acceptors (Lipinski definition) is 4. The number of esters is 1. The quantitative estimate of drug-likeness (QED) is 0.537. The van der Waals surface area contributed by atoms with Crippen molar-refractivity contribution in [3.63, 3.8) is 0 Å². The van der Waals surface area contributed by atoms with Gasteiger partial charge in [-0.1, -0.05) is 31.4 Å². The molecule has 5 nitrogen and oxygen atoms in total. The number of hydrogen-bond donors (Lipinski definition) is 0. The van der Waals surface area contributed by atoms with E-state index in [1.807, 2.05) is 0 Å². The predicted molar refractivity (Wildman–Crippen MR) is 100 cm³/mol. The molecule has 1 atom stereocenters. The number of alkyl halides is 3. The number of halogens is 3. The zero-order valence-electron chi connectivity index (χ0n) is 16.3. The molecular weight excluding hydrogens is 385 g/mol. The molecular formula is C21H23F3N2O3. The zero-order chi connectivity index (χ0) is 21.7. The lowest BCUT2D eigenvalue weighted by atomic mass is 9.81. The fourth-order valence-corrected chi connectivity index (χ4v) is 3.35. The highest BCUT2D eigenvalue weighted by atomic mass is 19.4. The van der Waals surface area contributed by atoms with E-state index in [1.165, 1.54) is 30.0 Å². The molecule has 0 radical (unpaired) electrons. The third-order valence-electron chi connectivity index (χ3n) is 5.15. The third-order valence-corrected chi connectivity index (χ3v) is 5.15. The van der Waals surface area contributed by atoms with E-state index in [1.54, 1.807) is 7.05 Å². The largest absolute Gasteiger partial charge is 0.449 e. The van der Waals surface area contributed by atoms with Crippen LogP contribution in [-0.4, -0.2) is 35.5 Å². The van der Waals surface area contributed by atoms with Crippen LogP contribution < -0.4 is 0 Å².